The number of ketones is 1. The van der Waals surface area contributed by atoms with Gasteiger partial charge in [-0.1, -0.05) is 23.5 Å². The van der Waals surface area contributed by atoms with Crippen LogP contribution in [0.15, 0.2) is 76.6 Å². The molecule has 0 spiro atoms. The van der Waals surface area contributed by atoms with E-state index in [2.05, 4.69) is 4.98 Å². The van der Waals surface area contributed by atoms with Crippen LogP contribution in [0.2, 0.25) is 0 Å². The van der Waals surface area contributed by atoms with Crippen molar-refractivity contribution in [1.82, 2.24) is 4.98 Å². The smallest absolute Gasteiger partial charge is 0.296 e. The minimum absolute atomic E-state index is 0.0229. The van der Waals surface area contributed by atoms with Crippen LogP contribution in [0.3, 0.4) is 0 Å². The lowest BCUT2D eigenvalue weighted by Crippen LogP contribution is -2.31. The Balaban J connectivity index is 1.66. The van der Waals surface area contributed by atoms with Crippen LogP contribution in [-0.2, 0) is 4.79 Å². The molecule has 0 radical (unpaired) electrons. The van der Waals surface area contributed by atoms with Crippen molar-refractivity contribution in [3.63, 3.8) is 0 Å². The van der Waals surface area contributed by atoms with Crippen molar-refractivity contribution in [2.24, 2.45) is 0 Å². The zero-order valence-electron chi connectivity index (χ0n) is 18.3. The van der Waals surface area contributed by atoms with Crippen molar-refractivity contribution in [2.45, 2.75) is 13.0 Å². The van der Waals surface area contributed by atoms with Crippen LogP contribution in [0.4, 0.5) is 5.13 Å². The lowest BCUT2D eigenvalue weighted by atomic mass is 9.95. The van der Waals surface area contributed by atoms with Crippen LogP contribution < -0.4 is 14.4 Å². The van der Waals surface area contributed by atoms with Gasteiger partial charge in [0, 0.05) is 0 Å². The Kier molecular flexibility index (Phi) is 5.54. The van der Waals surface area contributed by atoms with Crippen molar-refractivity contribution in [3.8, 4) is 11.5 Å². The SMILES string of the molecule is CCOc1ccc2nc(N3C(=O)C(O)=C(C(=O)c4ccco4)[C@@H]3c3cccc(OC)c3)sc2c1. The molecule has 2 aromatic heterocycles. The number of Topliss-reactive ketones (excluding diaryl/α,β-unsaturated/α-hetero) is 1. The summed E-state index contributed by atoms with van der Waals surface area (Å²) >= 11 is 1.27. The first-order valence-corrected chi connectivity index (χ1v) is 11.4. The minimum atomic E-state index is -0.924. The number of carbonyl (C=O) groups excluding carboxylic acids is 2. The third kappa shape index (κ3) is 3.60. The summed E-state index contributed by atoms with van der Waals surface area (Å²) in [5, 5.41) is 11.2. The van der Waals surface area contributed by atoms with Gasteiger partial charge in [-0.15, -0.1) is 0 Å². The van der Waals surface area contributed by atoms with Crippen molar-refractivity contribution in [2.75, 3.05) is 18.6 Å². The predicted octanol–water partition coefficient (Wildman–Crippen LogP) is 5.08. The van der Waals surface area contributed by atoms with E-state index >= 15 is 0 Å². The van der Waals surface area contributed by atoms with Crippen LogP contribution in [0.1, 0.15) is 29.1 Å². The Labute approximate surface area is 198 Å². The summed E-state index contributed by atoms with van der Waals surface area (Å²) in [5.41, 5.74) is 1.18. The number of hydrogen-bond donors (Lipinski definition) is 1. The van der Waals surface area contributed by atoms with E-state index in [4.69, 9.17) is 13.9 Å². The van der Waals surface area contributed by atoms with Crippen LogP contribution in [-0.4, -0.2) is 35.5 Å². The molecular formula is C25H20N2O6S. The average Bonchev–Trinajstić information content (AvgIpc) is 3.58. The van der Waals surface area contributed by atoms with E-state index in [1.54, 1.807) is 30.3 Å². The number of nitrogens with zero attached hydrogens (tertiary/aromatic N) is 2. The topological polar surface area (TPSA) is 102 Å². The highest BCUT2D eigenvalue weighted by molar-refractivity contribution is 7.22. The highest BCUT2D eigenvalue weighted by Gasteiger charge is 2.46. The Hall–Kier alpha value is -4.11. The second kappa shape index (κ2) is 8.68. The Morgan fingerprint density at radius 3 is 2.76 bits per heavy atom. The summed E-state index contributed by atoms with van der Waals surface area (Å²) in [6.07, 6.45) is 1.36. The number of furan rings is 1. The molecule has 1 aliphatic rings. The summed E-state index contributed by atoms with van der Waals surface area (Å²) in [7, 11) is 1.53. The van der Waals surface area contributed by atoms with Crippen molar-refractivity contribution in [1.29, 1.82) is 0 Å². The fourth-order valence-corrected chi connectivity index (χ4v) is 4.97. The monoisotopic (exact) mass is 476 g/mol. The molecule has 0 saturated heterocycles. The normalized spacial score (nSPS) is 15.9. The Morgan fingerprint density at radius 2 is 2.03 bits per heavy atom. The Bertz CT molecular complexity index is 1420. The van der Waals surface area contributed by atoms with Gasteiger partial charge in [0.25, 0.3) is 5.91 Å². The van der Waals surface area contributed by atoms with E-state index in [1.807, 2.05) is 25.1 Å². The molecular weight excluding hydrogens is 456 g/mol. The van der Waals surface area contributed by atoms with Crippen LogP contribution in [0, 0.1) is 0 Å². The first-order chi connectivity index (χ1) is 16.5. The standard InChI is InChI=1S/C25H20N2O6S/c1-3-32-16-9-10-17-19(13-16)34-25(26-17)27-21(14-6-4-7-15(12-14)31-2)20(23(29)24(27)30)22(28)18-8-5-11-33-18/h4-13,21,29H,3H2,1-2H3/t21-/m0/s1. The van der Waals surface area contributed by atoms with Crippen molar-refractivity contribution in [3.05, 3.63) is 83.5 Å². The molecule has 0 aliphatic carbocycles. The van der Waals surface area contributed by atoms with Crippen molar-refractivity contribution >= 4 is 38.4 Å². The maximum Gasteiger partial charge on any atom is 0.296 e. The van der Waals surface area contributed by atoms with Gasteiger partial charge in [-0.25, -0.2) is 4.98 Å². The summed E-state index contributed by atoms with van der Waals surface area (Å²) in [6.45, 7) is 2.42. The molecule has 3 heterocycles. The molecule has 1 amide bonds. The van der Waals surface area contributed by atoms with E-state index < -0.39 is 23.5 Å². The van der Waals surface area contributed by atoms with Gasteiger partial charge < -0.3 is 19.0 Å². The summed E-state index contributed by atoms with van der Waals surface area (Å²) in [5.74, 6) is -0.667. The number of aliphatic hydroxyl groups excluding tert-OH is 1. The fourth-order valence-electron chi connectivity index (χ4n) is 3.95. The zero-order valence-corrected chi connectivity index (χ0v) is 19.2. The molecule has 0 fully saturated rings. The van der Waals surface area contributed by atoms with Gasteiger partial charge >= 0.3 is 0 Å². The quantitative estimate of drug-likeness (QED) is 0.371. The third-order valence-electron chi connectivity index (χ3n) is 5.47. The number of benzene rings is 2. The summed E-state index contributed by atoms with van der Waals surface area (Å²) in [6, 6.07) is 14.6. The molecule has 1 N–H and O–H groups in total. The molecule has 2 aromatic carbocycles. The molecule has 4 aromatic rings. The van der Waals surface area contributed by atoms with Gasteiger partial charge in [-0.05, 0) is 55.0 Å². The number of fused-ring (bicyclic) bond motifs is 1. The molecule has 34 heavy (non-hydrogen) atoms. The van der Waals surface area contributed by atoms with Gasteiger partial charge in [0.2, 0.25) is 5.78 Å². The number of thiazole rings is 1. The largest absolute Gasteiger partial charge is 0.503 e. The highest BCUT2D eigenvalue weighted by Crippen LogP contribution is 2.45. The number of aliphatic hydroxyl groups is 1. The first kappa shape index (κ1) is 21.7. The molecule has 1 atom stereocenters. The predicted molar refractivity (Wildman–Crippen MR) is 127 cm³/mol. The summed E-state index contributed by atoms with van der Waals surface area (Å²) < 4.78 is 17.0. The molecule has 8 nitrogen and oxygen atoms in total. The maximum atomic E-state index is 13.3. The molecule has 9 heteroatoms. The molecule has 0 unspecified atom stereocenters. The fraction of sp³-hybridized carbons (Fsp3) is 0.160. The number of hydrogen-bond acceptors (Lipinski definition) is 8. The van der Waals surface area contributed by atoms with Gasteiger partial charge in [0.15, 0.2) is 16.7 Å². The van der Waals surface area contributed by atoms with E-state index in [0.717, 1.165) is 4.70 Å². The van der Waals surface area contributed by atoms with Crippen LogP contribution >= 0.6 is 11.3 Å². The number of amides is 1. The second-order valence-electron chi connectivity index (χ2n) is 7.48. The van der Waals surface area contributed by atoms with E-state index in [9.17, 15) is 14.7 Å². The summed E-state index contributed by atoms with van der Waals surface area (Å²) in [4.78, 5) is 32.6. The molecule has 172 valence electrons. The molecule has 5 rings (SSSR count). The van der Waals surface area contributed by atoms with Crippen LogP contribution in [0.25, 0.3) is 10.2 Å². The average molecular weight is 477 g/mol. The van der Waals surface area contributed by atoms with Gasteiger partial charge in [0.1, 0.15) is 11.5 Å². The third-order valence-corrected chi connectivity index (χ3v) is 6.49. The zero-order chi connectivity index (χ0) is 23.8. The lowest BCUT2D eigenvalue weighted by molar-refractivity contribution is -0.117. The molecule has 0 bridgehead atoms. The molecule has 0 saturated carbocycles. The number of ether oxygens (including phenoxy) is 2. The number of anilines is 1. The lowest BCUT2D eigenvalue weighted by Gasteiger charge is -2.24. The van der Waals surface area contributed by atoms with Crippen molar-refractivity contribution < 1.29 is 28.6 Å². The van der Waals surface area contributed by atoms with E-state index in [0.29, 0.717) is 34.3 Å². The maximum absolute atomic E-state index is 13.3. The number of carbonyl (C=O) groups is 2. The second-order valence-corrected chi connectivity index (χ2v) is 8.49. The number of rotatable bonds is 7. The number of aromatic nitrogens is 1. The minimum Gasteiger partial charge on any atom is -0.503 e. The first-order valence-electron chi connectivity index (χ1n) is 10.5. The highest BCUT2D eigenvalue weighted by atomic mass is 32.1. The van der Waals surface area contributed by atoms with Gasteiger partial charge in [0.05, 0.1) is 41.8 Å². The van der Waals surface area contributed by atoms with Crippen LogP contribution in [0.5, 0.6) is 11.5 Å². The van der Waals surface area contributed by atoms with E-state index in [1.165, 1.54) is 35.7 Å². The van der Waals surface area contributed by atoms with Gasteiger partial charge in [-0.3, -0.25) is 14.5 Å². The Morgan fingerprint density at radius 1 is 1.18 bits per heavy atom. The van der Waals surface area contributed by atoms with Gasteiger partial charge in [-0.2, -0.15) is 0 Å². The molecule has 1 aliphatic heterocycles. The van der Waals surface area contributed by atoms with E-state index in [-0.39, 0.29) is 11.3 Å². The number of methoxy groups -OCH3 is 1.